The van der Waals surface area contributed by atoms with Crippen molar-refractivity contribution in [2.75, 3.05) is 5.32 Å². The molecule has 0 saturated carbocycles. The molecule has 3 N–H and O–H groups in total. The molecular weight excluding hydrogens is 295 g/mol. The van der Waals surface area contributed by atoms with Crippen LogP contribution in [0.15, 0.2) is 17.8 Å². The molecule has 2 rings (SSSR count). The monoisotopic (exact) mass is 305 g/mol. The Bertz CT molecular complexity index is 606. The topological polar surface area (TPSA) is 85.8 Å². The van der Waals surface area contributed by atoms with Gasteiger partial charge in [-0.15, -0.1) is 11.3 Å². The lowest BCUT2D eigenvalue weighted by Crippen LogP contribution is -2.18. The molecule has 108 valence electrons. The Morgan fingerprint density at radius 1 is 1.50 bits per heavy atom. The van der Waals surface area contributed by atoms with Crippen molar-refractivity contribution in [3.8, 4) is 0 Å². The van der Waals surface area contributed by atoms with Gasteiger partial charge < -0.3 is 11.1 Å². The molecule has 2 aromatic heterocycles. The van der Waals surface area contributed by atoms with Gasteiger partial charge in [0.05, 0.1) is 11.9 Å². The van der Waals surface area contributed by atoms with E-state index < -0.39 is 18.6 Å². The summed E-state index contributed by atoms with van der Waals surface area (Å²) in [4.78, 5) is 15.7. The fraction of sp³-hybridized carbons (Fsp3) is 0.300. The quantitative estimate of drug-likeness (QED) is 0.898. The smallest absolute Gasteiger partial charge is 0.325 e. The van der Waals surface area contributed by atoms with Crippen LogP contribution in [0.3, 0.4) is 0 Å². The van der Waals surface area contributed by atoms with Gasteiger partial charge in [-0.05, 0) is 0 Å². The minimum absolute atomic E-state index is 0.166. The highest BCUT2D eigenvalue weighted by Crippen LogP contribution is 2.18. The number of nitrogens with one attached hydrogen (secondary N) is 1. The molecule has 0 aliphatic rings. The Hall–Kier alpha value is -1.94. The molecule has 10 heteroatoms. The number of aromatic nitrogens is 3. The van der Waals surface area contributed by atoms with E-state index in [0.717, 1.165) is 12.4 Å². The molecule has 0 atom stereocenters. The number of anilines is 1. The number of nitrogens with two attached hydrogens (primary N) is 1. The summed E-state index contributed by atoms with van der Waals surface area (Å²) in [6.07, 6.45) is -2.13. The molecule has 2 aromatic rings. The number of hydrogen-bond donors (Lipinski definition) is 2. The zero-order chi connectivity index (χ0) is 14.8. The van der Waals surface area contributed by atoms with Crippen LogP contribution in [0.1, 0.15) is 15.5 Å². The Morgan fingerprint density at radius 3 is 2.85 bits per heavy atom. The van der Waals surface area contributed by atoms with Crippen LogP contribution in [0.2, 0.25) is 0 Å². The summed E-state index contributed by atoms with van der Waals surface area (Å²) in [5, 5.41) is 8.05. The molecule has 6 nitrogen and oxygen atoms in total. The van der Waals surface area contributed by atoms with Crippen LogP contribution in [0.4, 0.5) is 18.9 Å². The molecule has 0 unspecified atom stereocenters. The SMILES string of the molecule is NCc1nc(C(=O)Nc2cnn(CC(F)(F)F)c2)cs1. The molecule has 0 aliphatic carbocycles. The van der Waals surface area contributed by atoms with Crippen molar-refractivity contribution in [2.24, 2.45) is 5.73 Å². The van der Waals surface area contributed by atoms with Crippen LogP contribution in [-0.2, 0) is 13.1 Å². The van der Waals surface area contributed by atoms with Crippen LogP contribution in [-0.4, -0.2) is 26.8 Å². The van der Waals surface area contributed by atoms with Gasteiger partial charge >= 0.3 is 6.18 Å². The molecule has 0 saturated heterocycles. The molecule has 20 heavy (non-hydrogen) atoms. The van der Waals surface area contributed by atoms with Gasteiger partial charge in [-0.25, -0.2) is 4.98 Å². The average molecular weight is 305 g/mol. The summed E-state index contributed by atoms with van der Waals surface area (Å²) in [5.74, 6) is -0.521. The lowest BCUT2D eigenvalue weighted by atomic mass is 10.4. The number of alkyl halides is 3. The standard InChI is InChI=1S/C10H10F3N5OS/c11-10(12,13)5-18-3-6(2-15-18)16-9(19)7-4-20-8(1-14)17-7/h2-4H,1,5,14H2,(H,16,19). The normalized spacial score (nSPS) is 11.6. The minimum Gasteiger partial charge on any atom is -0.325 e. The summed E-state index contributed by atoms with van der Waals surface area (Å²) < 4.78 is 37.1. The molecular formula is C10H10F3N5OS. The first-order chi connectivity index (χ1) is 9.37. The Balaban J connectivity index is 2.01. The first kappa shape index (κ1) is 14.5. The maximum absolute atomic E-state index is 12.2. The summed E-state index contributed by atoms with van der Waals surface area (Å²) in [6, 6.07) is 0. The van der Waals surface area contributed by atoms with Gasteiger partial charge in [-0.2, -0.15) is 18.3 Å². The Morgan fingerprint density at radius 2 is 2.25 bits per heavy atom. The van der Waals surface area contributed by atoms with Gasteiger partial charge in [0.2, 0.25) is 0 Å². The third kappa shape index (κ3) is 3.78. The highest BCUT2D eigenvalue weighted by molar-refractivity contribution is 7.09. The first-order valence-corrected chi connectivity index (χ1v) is 6.30. The van der Waals surface area contributed by atoms with E-state index in [9.17, 15) is 18.0 Å². The van der Waals surface area contributed by atoms with Crippen LogP contribution < -0.4 is 11.1 Å². The fourth-order valence-corrected chi connectivity index (χ4v) is 2.06. The highest BCUT2D eigenvalue weighted by Gasteiger charge is 2.28. The molecule has 2 heterocycles. The van der Waals surface area contributed by atoms with E-state index in [-0.39, 0.29) is 17.9 Å². The maximum Gasteiger partial charge on any atom is 0.408 e. The lowest BCUT2D eigenvalue weighted by Gasteiger charge is -2.05. The van der Waals surface area contributed by atoms with Crippen molar-refractivity contribution >= 4 is 22.9 Å². The largest absolute Gasteiger partial charge is 0.408 e. The van der Waals surface area contributed by atoms with Crippen molar-refractivity contribution < 1.29 is 18.0 Å². The second-order valence-corrected chi connectivity index (χ2v) is 4.77. The van der Waals surface area contributed by atoms with E-state index in [4.69, 9.17) is 5.73 Å². The zero-order valence-corrected chi connectivity index (χ0v) is 10.8. The average Bonchev–Trinajstić information content (AvgIpc) is 2.96. The third-order valence-corrected chi connectivity index (χ3v) is 3.06. The molecule has 0 fully saturated rings. The zero-order valence-electron chi connectivity index (χ0n) is 10.0. The molecule has 0 aromatic carbocycles. The maximum atomic E-state index is 12.2. The van der Waals surface area contributed by atoms with Crippen LogP contribution in [0, 0.1) is 0 Å². The number of carbonyl (C=O) groups excluding carboxylic acids is 1. The molecule has 0 spiro atoms. The van der Waals surface area contributed by atoms with E-state index in [2.05, 4.69) is 15.4 Å². The van der Waals surface area contributed by atoms with Crippen LogP contribution in [0.25, 0.3) is 0 Å². The van der Waals surface area contributed by atoms with Crippen LogP contribution in [0.5, 0.6) is 0 Å². The van der Waals surface area contributed by atoms with E-state index in [1.807, 2.05) is 0 Å². The number of nitrogens with zero attached hydrogens (tertiary/aromatic N) is 3. The number of amides is 1. The first-order valence-electron chi connectivity index (χ1n) is 5.42. The van der Waals surface area contributed by atoms with Crippen molar-refractivity contribution in [2.45, 2.75) is 19.3 Å². The number of halogens is 3. The molecule has 1 amide bonds. The van der Waals surface area contributed by atoms with Gasteiger partial charge in [0.25, 0.3) is 5.91 Å². The molecule has 0 aliphatic heterocycles. The predicted octanol–water partition coefficient (Wildman–Crippen LogP) is 1.61. The second kappa shape index (κ2) is 5.59. The summed E-state index contributed by atoms with van der Waals surface area (Å²) in [5.41, 5.74) is 5.71. The van der Waals surface area contributed by atoms with Crippen molar-refractivity contribution in [3.05, 3.63) is 28.5 Å². The third-order valence-electron chi connectivity index (χ3n) is 2.19. The van der Waals surface area contributed by atoms with Crippen molar-refractivity contribution in [3.63, 3.8) is 0 Å². The van der Waals surface area contributed by atoms with E-state index in [1.165, 1.54) is 16.7 Å². The fourth-order valence-electron chi connectivity index (χ4n) is 1.40. The minimum atomic E-state index is -4.36. The van der Waals surface area contributed by atoms with Crippen molar-refractivity contribution in [1.82, 2.24) is 14.8 Å². The van der Waals surface area contributed by atoms with Gasteiger partial charge in [-0.3, -0.25) is 9.48 Å². The summed E-state index contributed by atoms with van der Waals surface area (Å²) in [7, 11) is 0. The van der Waals surface area contributed by atoms with Crippen molar-refractivity contribution in [1.29, 1.82) is 0 Å². The number of thiazole rings is 1. The van der Waals surface area contributed by atoms with E-state index in [0.29, 0.717) is 9.69 Å². The summed E-state index contributed by atoms with van der Waals surface area (Å²) in [6.45, 7) is -0.988. The van der Waals surface area contributed by atoms with E-state index in [1.54, 1.807) is 0 Å². The van der Waals surface area contributed by atoms with Gasteiger partial charge in [0.1, 0.15) is 17.2 Å². The highest BCUT2D eigenvalue weighted by atomic mass is 32.1. The Labute approximate surface area is 115 Å². The second-order valence-electron chi connectivity index (χ2n) is 3.83. The number of rotatable bonds is 4. The van der Waals surface area contributed by atoms with Crippen LogP contribution >= 0.6 is 11.3 Å². The van der Waals surface area contributed by atoms with Gasteiger partial charge in [0, 0.05) is 18.1 Å². The Kier molecular flexibility index (Phi) is 4.04. The number of carbonyl (C=O) groups is 1. The number of hydrogen-bond acceptors (Lipinski definition) is 5. The molecule has 0 bridgehead atoms. The summed E-state index contributed by atoms with van der Waals surface area (Å²) >= 11 is 1.23. The predicted molar refractivity (Wildman–Crippen MR) is 66.2 cm³/mol. The molecule has 0 radical (unpaired) electrons. The van der Waals surface area contributed by atoms with Gasteiger partial charge in [-0.1, -0.05) is 0 Å². The lowest BCUT2D eigenvalue weighted by molar-refractivity contribution is -0.142. The van der Waals surface area contributed by atoms with Gasteiger partial charge in [0.15, 0.2) is 0 Å². The van der Waals surface area contributed by atoms with E-state index >= 15 is 0 Å².